The largest absolute Gasteiger partial charge is 0.399 e. The van der Waals surface area contributed by atoms with E-state index in [1.807, 2.05) is 36.1 Å². The minimum atomic E-state index is 0.145. The Morgan fingerprint density at radius 3 is 2.53 bits per heavy atom. The van der Waals surface area contributed by atoms with E-state index in [1.165, 1.54) is 0 Å². The van der Waals surface area contributed by atoms with E-state index in [2.05, 4.69) is 6.92 Å². The molecule has 0 atom stereocenters. The van der Waals surface area contributed by atoms with Crippen molar-refractivity contribution in [3.8, 4) is 0 Å². The molecule has 0 aliphatic rings. The molecule has 0 aliphatic heterocycles. The molecule has 1 aromatic carbocycles. The number of nitrogen functional groups attached to an aromatic ring is 1. The smallest absolute Gasteiger partial charge is 0.227 e. The van der Waals surface area contributed by atoms with E-state index < -0.39 is 0 Å². The van der Waals surface area contributed by atoms with Crippen molar-refractivity contribution in [2.24, 2.45) is 0 Å². The van der Waals surface area contributed by atoms with E-state index in [0.717, 1.165) is 25.1 Å². The highest BCUT2D eigenvalue weighted by atomic mass is 16.5. The van der Waals surface area contributed by atoms with Crippen LogP contribution in [0.5, 0.6) is 0 Å². The minimum absolute atomic E-state index is 0.145. The Morgan fingerprint density at radius 1 is 1.26 bits per heavy atom. The normalized spacial score (nSPS) is 10.4. The Hall–Kier alpha value is -1.55. The van der Waals surface area contributed by atoms with Crippen LogP contribution in [0, 0.1) is 0 Å². The number of carbonyl (C=O) groups excluding carboxylic acids is 1. The fourth-order valence-electron chi connectivity index (χ4n) is 1.88. The molecule has 0 spiro atoms. The summed E-state index contributed by atoms with van der Waals surface area (Å²) in [5.41, 5.74) is 7.30. The van der Waals surface area contributed by atoms with Crippen molar-refractivity contribution in [3.63, 3.8) is 0 Å². The van der Waals surface area contributed by atoms with Crippen molar-refractivity contribution >= 4 is 17.3 Å². The van der Waals surface area contributed by atoms with Gasteiger partial charge in [-0.15, -0.1) is 0 Å². The van der Waals surface area contributed by atoms with Gasteiger partial charge in [-0.25, -0.2) is 0 Å². The summed E-state index contributed by atoms with van der Waals surface area (Å²) >= 11 is 0. The van der Waals surface area contributed by atoms with E-state index in [0.29, 0.717) is 25.3 Å². The summed E-state index contributed by atoms with van der Waals surface area (Å²) in [6.45, 7) is 6.10. The first kappa shape index (κ1) is 15.5. The second-order valence-electron chi connectivity index (χ2n) is 4.44. The molecule has 0 bridgehead atoms. The van der Waals surface area contributed by atoms with Crippen molar-refractivity contribution in [2.45, 2.75) is 33.1 Å². The topological polar surface area (TPSA) is 55.6 Å². The Bertz CT molecular complexity index is 376. The first-order chi connectivity index (χ1) is 9.19. The number of ether oxygens (including phenoxy) is 1. The van der Waals surface area contributed by atoms with Crippen LogP contribution in [0.25, 0.3) is 0 Å². The lowest BCUT2D eigenvalue weighted by molar-refractivity contribution is -0.119. The zero-order chi connectivity index (χ0) is 14.1. The van der Waals surface area contributed by atoms with Crippen LogP contribution in [0.3, 0.4) is 0 Å². The van der Waals surface area contributed by atoms with E-state index in [1.54, 1.807) is 0 Å². The van der Waals surface area contributed by atoms with Crippen LogP contribution in [0.2, 0.25) is 0 Å². The van der Waals surface area contributed by atoms with Gasteiger partial charge in [0, 0.05) is 37.6 Å². The summed E-state index contributed by atoms with van der Waals surface area (Å²) in [6, 6.07) is 7.44. The maximum atomic E-state index is 12.2. The molecular formula is C15H24N2O2. The molecule has 106 valence electrons. The molecule has 1 aromatic rings. The molecule has 0 saturated heterocycles. The van der Waals surface area contributed by atoms with Crippen LogP contribution in [0.4, 0.5) is 11.4 Å². The van der Waals surface area contributed by atoms with Gasteiger partial charge < -0.3 is 15.4 Å². The summed E-state index contributed by atoms with van der Waals surface area (Å²) < 4.78 is 5.26. The second kappa shape index (κ2) is 8.53. The highest BCUT2D eigenvalue weighted by molar-refractivity contribution is 5.93. The predicted octanol–water partition coefficient (Wildman–Crippen LogP) is 2.83. The Labute approximate surface area is 115 Å². The van der Waals surface area contributed by atoms with Gasteiger partial charge in [-0.05, 0) is 44.0 Å². The fraction of sp³-hybridized carbons (Fsp3) is 0.533. The standard InChI is InChI=1S/C15H24N2O2/c1-3-11-17(14-9-7-13(16)8-10-14)15(18)6-5-12-19-4-2/h7-10H,3-6,11-12,16H2,1-2H3. The summed E-state index contributed by atoms with van der Waals surface area (Å²) in [4.78, 5) is 14.0. The first-order valence-corrected chi connectivity index (χ1v) is 6.92. The molecule has 4 nitrogen and oxygen atoms in total. The monoisotopic (exact) mass is 264 g/mol. The number of rotatable bonds is 8. The van der Waals surface area contributed by atoms with E-state index in [4.69, 9.17) is 10.5 Å². The maximum Gasteiger partial charge on any atom is 0.227 e. The predicted molar refractivity (Wildman–Crippen MR) is 79.2 cm³/mol. The van der Waals surface area contributed by atoms with Gasteiger partial charge in [-0.3, -0.25) is 4.79 Å². The van der Waals surface area contributed by atoms with Crippen molar-refractivity contribution in [1.82, 2.24) is 0 Å². The van der Waals surface area contributed by atoms with Crippen molar-refractivity contribution in [3.05, 3.63) is 24.3 Å². The van der Waals surface area contributed by atoms with Crippen molar-refractivity contribution in [1.29, 1.82) is 0 Å². The van der Waals surface area contributed by atoms with Gasteiger partial charge in [0.2, 0.25) is 5.91 Å². The SMILES string of the molecule is CCCN(C(=O)CCCOCC)c1ccc(N)cc1. The van der Waals surface area contributed by atoms with Crippen molar-refractivity contribution in [2.75, 3.05) is 30.4 Å². The molecule has 2 N–H and O–H groups in total. The Kier molecular flexibility index (Phi) is 6.97. The minimum Gasteiger partial charge on any atom is -0.399 e. The van der Waals surface area contributed by atoms with Gasteiger partial charge in [-0.1, -0.05) is 6.92 Å². The van der Waals surface area contributed by atoms with Crippen LogP contribution in [0.1, 0.15) is 33.1 Å². The van der Waals surface area contributed by atoms with Crippen molar-refractivity contribution < 1.29 is 9.53 Å². The zero-order valence-electron chi connectivity index (χ0n) is 11.9. The summed E-state index contributed by atoms with van der Waals surface area (Å²) in [5, 5.41) is 0. The molecule has 0 fully saturated rings. The average Bonchev–Trinajstić information content (AvgIpc) is 2.42. The first-order valence-electron chi connectivity index (χ1n) is 6.92. The molecular weight excluding hydrogens is 240 g/mol. The van der Waals surface area contributed by atoms with E-state index in [9.17, 15) is 4.79 Å². The lowest BCUT2D eigenvalue weighted by Crippen LogP contribution is -2.31. The zero-order valence-corrected chi connectivity index (χ0v) is 11.9. The van der Waals surface area contributed by atoms with Crippen LogP contribution in [-0.2, 0) is 9.53 Å². The number of hydrogen-bond donors (Lipinski definition) is 1. The molecule has 0 aliphatic carbocycles. The molecule has 0 saturated carbocycles. The number of nitrogens with two attached hydrogens (primary N) is 1. The lowest BCUT2D eigenvalue weighted by Gasteiger charge is -2.22. The van der Waals surface area contributed by atoms with Crippen LogP contribution < -0.4 is 10.6 Å². The van der Waals surface area contributed by atoms with E-state index >= 15 is 0 Å². The molecule has 0 unspecified atom stereocenters. The van der Waals surface area contributed by atoms with Gasteiger partial charge in [-0.2, -0.15) is 0 Å². The third-order valence-electron chi connectivity index (χ3n) is 2.84. The molecule has 4 heteroatoms. The number of benzene rings is 1. The quantitative estimate of drug-likeness (QED) is 0.580. The number of amides is 1. The molecule has 0 aromatic heterocycles. The molecule has 1 rings (SSSR count). The van der Waals surface area contributed by atoms with Crippen LogP contribution in [0.15, 0.2) is 24.3 Å². The second-order valence-corrected chi connectivity index (χ2v) is 4.44. The van der Waals surface area contributed by atoms with E-state index in [-0.39, 0.29) is 5.91 Å². The highest BCUT2D eigenvalue weighted by Crippen LogP contribution is 2.18. The van der Waals surface area contributed by atoms with Gasteiger partial charge >= 0.3 is 0 Å². The molecule has 19 heavy (non-hydrogen) atoms. The third-order valence-corrected chi connectivity index (χ3v) is 2.84. The number of carbonyl (C=O) groups is 1. The van der Waals surface area contributed by atoms with Gasteiger partial charge in [0.05, 0.1) is 0 Å². The van der Waals surface area contributed by atoms with Gasteiger partial charge in [0.15, 0.2) is 0 Å². The van der Waals surface area contributed by atoms with Crippen LogP contribution >= 0.6 is 0 Å². The fourth-order valence-corrected chi connectivity index (χ4v) is 1.88. The molecule has 0 radical (unpaired) electrons. The number of nitrogens with zero attached hydrogens (tertiary/aromatic N) is 1. The molecule has 0 heterocycles. The van der Waals surface area contributed by atoms with Crippen LogP contribution in [-0.4, -0.2) is 25.7 Å². The van der Waals surface area contributed by atoms with Gasteiger partial charge in [0.1, 0.15) is 0 Å². The molecule has 1 amide bonds. The third kappa shape index (κ3) is 5.30. The Balaban J connectivity index is 2.60. The highest BCUT2D eigenvalue weighted by Gasteiger charge is 2.14. The lowest BCUT2D eigenvalue weighted by atomic mass is 10.2. The summed E-state index contributed by atoms with van der Waals surface area (Å²) in [7, 11) is 0. The summed E-state index contributed by atoms with van der Waals surface area (Å²) in [6.07, 6.45) is 2.22. The Morgan fingerprint density at radius 2 is 1.95 bits per heavy atom. The number of anilines is 2. The van der Waals surface area contributed by atoms with Gasteiger partial charge in [0.25, 0.3) is 0 Å². The maximum absolute atomic E-state index is 12.2. The average molecular weight is 264 g/mol. The number of hydrogen-bond acceptors (Lipinski definition) is 3. The summed E-state index contributed by atoms with van der Waals surface area (Å²) in [5.74, 6) is 0.145.